The smallest absolute Gasteiger partial charge is 0.457 e. The fraction of sp³-hybridized carbons (Fsp3) is 0.971. The van der Waals surface area contributed by atoms with Gasteiger partial charge in [0, 0.05) is 19.6 Å². The number of hydrogen-bond donors (Lipinski definition) is 2. The van der Waals surface area contributed by atoms with Crippen molar-refractivity contribution in [2.45, 2.75) is 187 Å². The first-order chi connectivity index (χ1) is 21.4. The molecule has 9 heteroatoms. The highest BCUT2D eigenvalue weighted by Gasteiger charge is 2.25. The van der Waals surface area contributed by atoms with Crippen LogP contribution in [0.3, 0.4) is 0 Å². The van der Waals surface area contributed by atoms with E-state index < -0.39 is 13.9 Å². The SMILES string of the molecule is CCCCCCCCCCCCCCCCCCCCOC[C@H](COP(=O)(O)OCCN)OC(=O)CCCCCCCCC. The van der Waals surface area contributed by atoms with Gasteiger partial charge in [0.1, 0.15) is 6.10 Å². The lowest BCUT2D eigenvalue weighted by molar-refractivity contribution is -0.154. The van der Waals surface area contributed by atoms with E-state index in [1.165, 1.54) is 128 Å². The summed E-state index contributed by atoms with van der Waals surface area (Å²) in [6, 6.07) is 0. The summed E-state index contributed by atoms with van der Waals surface area (Å²) >= 11 is 0. The Morgan fingerprint density at radius 3 is 1.43 bits per heavy atom. The highest BCUT2D eigenvalue weighted by molar-refractivity contribution is 7.47. The zero-order chi connectivity index (χ0) is 32.4. The maximum Gasteiger partial charge on any atom is 0.472 e. The molecule has 3 N–H and O–H groups in total. The Morgan fingerprint density at radius 2 is 1.00 bits per heavy atom. The molecule has 0 aliphatic heterocycles. The van der Waals surface area contributed by atoms with Gasteiger partial charge in [0.25, 0.3) is 0 Å². The summed E-state index contributed by atoms with van der Waals surface area (Å²) in [4.78, 5) is 22.2. The molecule has 0 heterocycles. The molecule has 0 aromatic heterocycles. The third kappa shape index (κ3) is 32.9. The Labute approximate surface area is 271 Å². The second-order valence-corrected chi connectivity index (χ2v) is 13.9. The van der Waals surface area contributed by atoms with E-state index in [4.69, 9.17) is 24.3 Å². The van der Waals surface area contributed by atoms with E-state index in [9.17, 15) is 14.3 Å². The van der Waals surface area contributed by atoms with Crippen molar-refractivity contribution in [3.05, 3.63) is 0 Å². The molecule has 2 atom stereocenters. The first-order valence-electron chi connectivity index (χ1n) is 18.5. The van der Waals surface area contributed by atoms with Crippen LogP contribution in [0.5, 0.6) is 0 Å². The van der Waals surface area contributed by atoms with Gasteiger partial charge >= 0.3 is 13.8 Å². The van der Waals surface area contributed by atoms with Crippen molar-refractivity contribution in [1.29, 1.82) is 0 Å². The normalized spacial score (nSPS) is 13.6. The Balaban J connectivity index is 3.92. The molecule has 0 aliphatic carbocycles. The van der Waals surface area contributed by atoms with Gasteiger partial charge in [0.15, 0.2) is 0 Å². The zero-order valence-electron chi connectivity index (χ0n) is 28.9. The van der Waals surface area contributed by atoms with Crippen molar-refractivity contribution in [3.8, 4) is 0 Å². The Morgan fingerprint density at radius 1 is 0.591 bits per heavy atom. The predicted molar refractivity (Wildman–Crippen MR) is 183 cm³/mol. The van der Waals surface area contributed by atoms with Crippen LogP contribution in [0.25, 0.3) is 0 Å². The number of nitrogens with two attached hydrogens (primary N) is 1. The molecular weight excluding hydrogens is 577 g/mol. The largest absolute Gasteiger partial charge is 0.472 e. The third-order valence-electron chi connectivity index (χ3n) is 8.02. The molecule has 0 aromatic rings. The number of carbonyl (C=O) groups excluding carboxylic acids is 1. The lowest BCUT2D eigenvalue weighted by Gasteiger charge is -2.20. The third-order valence-corrected chi connectivity index (χ3v) is 9.01. The molecule has 0 bridgehead atoms. The van der Waals surface area contributed by atoms with E-state index in [-0.39, 0.29) is 32.3 Å². The minimum absolute atomic E-state index is 0.0909. The minimum atomic E-state index is -4.25. The van der Waals surface area contributed by atoms with Crippen LogP contribution in [0.2, 0.25) is 0 Å². The van der Waals surface area contributed by atoms with Gasteiger partial charge in [-0.15, -0.1) is 0 Å². The maximum absolute atomic E-state index is 12.4. The molecule has 0 saturated carbocycles. The Kier molecular flexibility index (Phi) is 33.5. The summed E-state index contributed by atoms with van der Waals surface area (Å²) in [6.07, 6.45) is 31.3. The molecule has 0 radical (unpaired) electrons. The van der Waals surface area contributed by atoms with Gasteiger partial charge in [-0.25, -0.2) is 4.57 Å². The van der Waals surface area contributed by atoms with Crippen LogP contribution in [0.4, 0.5) is 0 Å². The summed E-state index contributed by atoms with van der Waals surface area (Å²) in [5.74, 6) is -0.334. The molecule has 0 spiro atoms. The molecule has 0 rings (SSSR count). The van der Waals surface area contributed by atoms with Crippen molar-refractivity contribution in [1.82, 2.24) is 0 Å². The number of rotatable bonds is 36. The maximum atomic E-state index is 12.4. The van der Waals surface area contributed by atoms with Gasteiger partial charge in [0.05, 0.1) is 19.8 Å². The fourth-order valence-corrected chi connectivity index (χ4v) is 6.06. The van der Waals surface area contributed by atoms with Gasteiger partial charge in [0.2, 0.25) is 0 Å². The fourth-order valence-electron chi connectivity index (χ4n) is 5.29. The Hall–Kier alpha value is -0.500. The van der Waals surface area contributed by atoms with Crippen molar-refractivity contribution >= 4 is 13.8 Å². The van der Waals surface area contributed by atoms with E-state index in [0.717, 1.165) is 32.1 Å². The van der Waals surface area contributed by atoms with E-state index >= 15 is 0 Å². The Bertz CT molecular complexity index is 653. The van der Waals surface area contributed by atoms with Crippen LogP contribution < -0.4 is 5.73 Å². The first-order valence-corrected chi connectivity index (χ1v) is 20.0. The molecule has 0 fully saturated rings. The molecule has 0 amide bonds. The van der Waals surface area contributed by atoms with Crippen molar-refractivity contribution in [2.24, 2.45) is 5.73 Å². The average Bonchev–Trinajstić information content (AvgIpc) is 3.01. The first kappa shape index (κ1) is 43.5. The van der Waals surface area contributed by atoms with Crippen LogP contribution in [-0.2, 0) is 27.9 Å². The molecule has 8 nitrogen and oxygen atoms in total. The highest BCUT2D eigenvalue weighted by atomic mass is 31.2. The number of phosphoric ester groups is 1. The molecule has 1 unspecified atom stereocenters. The van der Waals surface area contributed by atoms with Crippen LogP contribution in [0.1, 0.15) is 181 Å². The van der Waals surface area contributed by atoms with Gasteiger partial charge < -0.3 is 20.1 Å². The van der Waals surface area contributed by atoms with Gasteiger partial charge in [-0.1, -0.05) is 162 Å². The van der Waals surface area contributed by atoms with E-state index in [0.29, 0.717) is 13.0 Å². The monoisotopic (exact) mass is 650 g/mol. The summed E-state index contributed by atoms with van der Waals surface area (Å²) in [5, 5.41) is 0. The topological polar surface area (TPSA) is 117 Å². The number of unbranched alkanes of at least 4 members (excludes halogenated alkanes) is 23. The summed E-state index contributed by atoms with van der Waals surface area (Å²) in [7, 11) is -4.25. The summed E-state index contributed by atoms with van der Waals surface area (Å²) < 4.78 is 33.1. The number of carbonyl (C=O) groups is 1. The predicted octanol–water partition coefficient (Wildman–Crippen LogP) is 10.2. The molecule has 0 saturated heterocycles. The molecule has 44 heavy (non-hydrogen) atoms. The lowest BCUT2D eigenvalue weighted by Crippen LogP contribution is -2.28. The second kappa shape index (κ2) is 33.9. The summed E-state index contributed by atoms with van der Waals surface area (Å²) in [5.41, 5.74) is 5.33. The second-order valence-electron chi connectivity index (χ2n) is 12.5. The minimum Gasteiger partial charge on any atom is -0.457 e. The number of esters is 1. The van der Waals surface area contributed by atoms with Gasteiger partial charge in [-0.3, -0.25) is 13.8 Å². The standard InChI is InChI=1S/C35H72NO7P/c1-3-5-7-9-11-12-13-14-15-16-17-18-19-20-21-23-25-27-30-40-32-34(33-42-44(38,39)41-31-29-36)43-35(37)28-26-24-22-10-8-6-4-2/h34H,3-33,36H2,1-2H3,(H,38,39)/t34-/m1/s1. The molecule has 0 aromatic carbocycles. The van der Waals surface area contributed by atoms with Gasteiger partial charge in [-0.2, -0.15) is 0 Å². The van der Waals surface area contributed by atoms with E-state index in [1.54, 1.807) is 0 Å². The van der Waals surface area contributed by atoms with Gasteiger partial charge in [-0.05, 0) is 12.8 Å². The van der Waals surface area contributed by atoms with E-state index in [2.05, 4.69) is 13.8 Å². The van der Waals surface area contributed by atoms with Crippen LogP contribution in [-0.4, -0.2) is 49.9 Å². The highest BCUT2D eigenvalue weighted by Crippen LogP contribution is 2.43. The van der Waals surface area contributed by atoms with Crippen LogP contribution in [0.15, 0.2) is 0 Å². The van der Waals surface area contributed by atoms with Crippen molar-refractivity contribution in [2.75, 3.05) is 33.0 Å². The molecule has 264 valence electrons. The van der Waals surface area contributed by atoms with Crippen LogP contribution >= 0.6 is 7.82 Å². The number of hydrogen-bond acceptors (Lipinski definition) is 7. The summed E-state index contributed by atoms with van der Waals surface area (Å²) in [6.45, 7) is 4.91. The van der Waals surface area contributed by atoms with Crippen LogP contribution in [0, 0.1) is 0 Å². The van der Waals surface area contributed by atoms with Crippen molar-refractivity contribution < 1.29 is 32.8 Å². The van der Waals surface area contributed by atoms with E-state index in [1.807, 2.05) is 0 Å². The molecule has 0 aliphatic rings. The zero-order valence-corrected chi connectivity index (χ0v) is 29.8. The van der Waals surface area contributed by atoms with Crippen molar-refractivity contribution in [3.63, 3.8) is 0 Å². The quantitative estimate of drug-likeness (QED) is 0.0391. The average molecular weight is 650 g/mol. The number of ether oxygens (including phenoxy) is 2. The molecular formula is C35H72NO7P. The lowest BCUT2D eigenvalue weighted by atomic mass is 10.0. The number of phosphoric acid groups is 1.